The molecule has 0 atom stereocenters. The van der Waals surface area contributed by atoms with Crippen LogP contribution in [0.2, 0.25) is 128 Å². The number of benzene rings is 4. The largest absolute Gasteiger partial charge is 0.508 e. The second-order valence-electron chi connectivity index (χ2n) is 41.8. The van der Waals surface area contributed by atoms with Gasteiger partial charge in [0.2, 0.25) is 32.9 Å². The number of nitrogens with zero attached hydrogens (tertiary/aromatic N) is 12. The molecular weight excluding hydrogens is 2330 g/mol. The Morgan fingerprint density at radius 2 is 0.800 bits per heavy atom. The first-order valence-corrected chi connectivity index (χ1v) is 68.2. The van der Waals surface area contributed by atoms with E-state index in [1.165, 1.54) is 87.7 Å². The molecule has 5 aliphatic rings. The van der Waals surface area contributed by atoms with Crippen molar-refractivity contribution < 1.29 is 107 Å². The van der Waals surface area contributed by atoms with Gasteiger partial charge < -0.3 is 87.7 Å². The van der Waals surface area contributed by atoms with Gasteiger partial charge in [-0.05, 0) is 268 Å². The molecule has 0 unspecified atom stereocenters. The third-order valence-corrected chi connectivity index (χ3v) is 30.4. The predicted octanol–water partition coefficient (Wildman–Crippen LogP) is 20.0. The molecule has 14 rings (SSSR count). The van der Waals surface area contributed by atoms with Gasteiger partial charge in [-0.1, -0.05) is 140 Å². The quantitative estimate of drug-likeness (QED) is 0.00729. The number of carbonyl (C=O) groups excluding carboxylic acids is 1. The monoisotopic (exact) mass is 2500 g/mol. The van der Waals surface area contributed by atoms with Gasteiger partial charge in [0.25, 0.3) is 0 Å². The van der Waals surface area contributed by atoms with Gasteiger partial charge in [-0.2, -0.15) is 9.97 Å². The number of carbonyl (C=O) groups is 1. The Morgan fingerprint density at radius 3 is 1.10 bits per heavy atom. The van der Waals surface area contributed by atoms with Gasteiger partial charge in [0, 0.05) is 147 Å². The molecule has 0 bridgehead atoms. The van der Waals surface area contributed by atoms with Crippen LogP contribution < -0.4 is 67.0 Å². The Bertz CT molecular complexity index is 5170. The molecule has 0 spiro atoms. The maximum Gasteiger partial charge on any atom is 0.488 e. The summed E-state index contributed by atoms with van der Waals surface area (Å²) < 4.78 is 82.3. The zero-order chi connectivity index (χ0) is 101. The number of H-pyrrole nitrogens is 3. The number of rotatable bonds is 46. The fourth-order valence-corrected chi connectivity index (χ4v) is 16.3. The number of phenolic OH excluding ortho intramolecular Hbond substituents is 2. The zero-order valence-electron chi connectivity index (χ0n) is 85.6. The predicted molar refractivity (Wildman–Crippen MR) is 603 cm³/mol. The van der Waals surface area contributed by atoms with E-state index in [0.717, 1.165) is 122 Å². The Labute approximate surface area is 912 Å². The maximum absolute atomic E-state index is 13.3. The van der Waals surface area contributed by atoms with Crippen LogP contribution in [-0.2, 0) is 83.1 Å². The van der Waals surface area contributed by atoms with Crippen LogP contribution in [0.15, 0.2) is 135 Å². The van der Waals surface area contributed by atoms with Gasteiger partial charge in [0.05, 0.1) is 30.8 Å². The van der Waals surface area contributed by atoms with Crippen LogP contribution in [0.5, 0.6) is 23.0 Å². The molecule has 5 saturated carbocycles. The van der Waals surface area contributed by atoms with Gasteiger partial charge in [0.15, 0.2) is 24.9 Å². The molecule has 145 heavy (non-hydrogen) atoms. The molecule has 9 aromatic rings. The molecule has 5 aromatic heterocycles. The summed E-state index contributed by atoms with van der Waals surface area (Å²) in [5.41, 5.74) is 13.9. The summed E-state index contributed by atoms with van der Waals surface area (Å²) in [4.78, 5) is 34.3. The summed E-state index contributed by atoms with van der Waals surface area (Å²) in [6, 6.07) is 36.0. The van der Waals surface area contributed by atoms with E-state index in [2.05, 4.69) is 213 Å². The SMILES string of the molecule is C.C.C.C.CC(C)(C)OC(=O)NC/C(=C\F)COc1ccc(-c2nc(NC3CC3)[n+](COCC[Si](C)(C)C)[nH]2)cc1.C[Si](C)(C)CCOC[n+]1[nH]c(-c2ccc(O)cc2)nc1NC1CC1.C[Si](C)(C)CCOC[n+]1[nH]c(-c2ccc(OC/C(=C/F)CN)cc2)nc1NC1CC1.C[Si](C)(C)CCOCn1nc(Br)nc1Br.C[Si](C)(C)CCOCn1nc(Br)nc1NC1CC1.Cl.NC1CC1.OB(O)c1ccc(O)cc1.[CH3-].[W]. The van der Waals surface area contributed by atoms with E-state index in [4.69, 9.17) is 74.5 Å². The van der Waals surface area contributed by atoms with E-state index in [1.54, 1.807) is 54.4 Å². The third kappa shape index (κ3) is 58.7. The topological polar surface area (TPSA) is 443 Å². The van der Waals surface area contributed by atoms with Crippen LogP contribution in [0, 0.1) is 7.43 Å². The smallest absolute Gasteiger partial charge is 0.488 e. The Hall–Kier alpha value is -7.20. The number of alkyl carbamates (subject to hydrolysis) is 1. The summed E-state index contributed by atoms with van der Waals surface area (Å²) in [6.45, 7) is 46.8. The van der Waals surface area contributed by atoms with Gasteiger partial charge in [-0.3, -0.25) is 16.0 Å². The van der Waals surface area contributed by atoms with Crippen LogP contribution in [-0.4, -0.2) is 229 Å². The molecule has 5 aliphatic carbocycles. The van der Waals surface area contributed by atoms with Crippen molar-refractivity contribution in [3.63, 3.8) is 0 Å². The van der Waals surface area contributed by atoms with Crippen LogP contribution in [0.25, 0.3) is 34.2 Å². The molecule has 816 valence electrons. The van der Waals surface area contributed by atoms with Crippen molar-refractivity contribution >= 4 is 143 Å². The number of halogens is 6. The van der Waals surface area contributed by atoms with Gasteiger partial charge in [-0.15, -0.1) is 36.6 Å². The number of aromatic hydroxyl groups is 2. The molecule has 16 N–H and O–H groups in total. The van der Waals surface area contributed by atoms with E-state index >= 15 is 0 Å². The normalized spacial score (nSPS) is 13.8. The Morgan fingerprint density at radius 1 is 0.490 bits per heavy atom. The Kier molecular flexibility index (Phi) is 62.3. The van der Waals surface area contributed by atoms with Crippen molar-refractivity contribution in [1.82, 2.24) is 65.1 Å². The number of ether oxygens (including phenoxy) is 8. The molecule has 4 aromatic carbocycles. The fourth-order valence-electron chi connectivity index (χ4n) is 11.2. The third-order valence-electron chi connectivity index (χ3n) is 20.6. The fraction of sp³-hybridized carbons (Fsp3) is 0.588. The molecule has 1 amide bonds. The summed E-state index contributed by atoms with van der Waals surface area (Å²) in [7, 11) is -6.81. The standard InChI is InChI=1S/C26H40FN5O4Si.C21H32FN5O2Si.C17H26N4O2Si.C11H21BrN4OSi.C8H15Br2N3OSi.C6H7BO3.C3H7N.4CH4.CH3.ClH.W/c1-26(2,3)36-25(33)28-16-19(15-27)17-35-22-11-7-20(8-12-22)23-30-24(29-21-9-10-21)32(31-23)18-34-13-14-37(4,5)6;1-30(2,3)11-10-28-15-27-21(24-18-6-7-18)25-20(26-27)17-4-8-19(9-5-17)29-14-16(12-22)13-23;1-24(2,3)11-10-23-12-21-17(18-14-6-7-14)19-16(20-21)13-4-8-15(22)9-5-13;1-18(2,3)7-6-17-8-16-11(13-9-4-5-9)14-10(12)15-16;1-15(2,3)5-4-14-6-13-8(10)11-7(9)12-13;8-6-3-1-5(2-4-6)7(9)10;4-3-1-2-3;;;;;;;/h7-8,11-12,15,21H,9-10,13-14,16-18H2,1-6H3,(H2,28,29,30,31,33);4-5,8-9,12,18H,6-7,10-11,13-15,23H2,1-3H3,(H,24,25,26);4-5,8-9,14H,6-7,10-12H2,1-3H3,(H2,18,19,20,22);9H,4-8H2,1-3H3,(H,13,14,15);4-6H2,1-3H3;1-4,8-10H;3H,1-2,4H2;4*1H4;1H3;1H;/q;;;;;;;;;;;-1;;/p+3/b19-15+;16-12+;;;;;;;;;;;;. The minimum Gasteiger partial charge on any atom is -0.508 e. The molecule has 0 radical (unpaired) electrons. The second kappa shape index (κ2) is 66.5. The van der Waals surface area contributed by atoms with E-state index in [9.17, 15) is 18.7 Å². The van der Waals surface area contributed by atoms with Crippen LogP contribution in [0.4, 0.5) is 37.4 Å². The summed E-state index contributed by atoms with van der Waals surface area (Å²) in [6.07, 6.45) is 12.3. The second-order valence-corrected chi connectivity index (χ2v) is 72.0. The van der Waals surface area contributed by atoms with Crippen molar-refractivity contribution in [1.29, 1.82) is 0 Å². The number of aromatic nitrogens is 15. The number of aromatic amines is 3. The van der Waals surface area contributed by atoms with Gasteiger partial charge in [0.1, 0.15) is 55.3 Å². The number of hydrogen-bond acceptors (Lipinski definition) is 26. The van der Waals surface area contributed by atoms with Crippen molar-refractivity contribution in [3.05, 3.63) is 142 Å². The molecule has 0 aliphatic heterocycles. The minimum absolute atomic E-state index is 0. The van der Waals surface area contributed by atoms with Crippen LogP contribution in [0.1, 0.15) is 115 Å². The number of nitrogens with one attached hydrogen (secondary N) is 8. The molecule has 5 heterocycles. The molecule has 35 nitrogen and oxygen atoms in total. The average Bonchev–Trinajstić information content (AvgIpc) is 1.68. The number of phenols is 2. The van der Waals surface area contributed by atoms with Crippen molar-refractivity contribution in [2.75, 3.05) is 80.6 Å². The summed E-state index contributed by atoms with van der Waals surface area (Å²) in [5.74, 6) is 7.01. The Balaban J connectivity index is 0.000000886. The van der Waals surface area contributed by atoms with Crippen LogP contribution >= 0.6 is 60.2 Å². The van der Waals surface area contributed by atoms with Crippen molar-refractivity contribution in [2.24, 2.45) is 11.5 Å². The number of nitrogens with two attached hydrogens (primary N) is 2. The van der Waals surface area contributed by atoms with E-state index < -0.39 is 59.2 Å². The molecular formula is C97H171BBr3ClF2N22O13Si5W+2. The number of hydrogen-bond donors (Lipinski definition) is 14. The maximum atomic E-state index is 13.3. The first-order chi connectivity index (χ1) is 65.1. The van der Waals surface area contributed by atoms with Gasteiger partial charge in [-0.25, -0.2) is 38.2 Å². The average molecular weight is 2500 g/mol. The number of anilines is 4. The number of amides is 1. The van der Waals surface area contributed by atoms with E-state index in [1.807, 2.05) is 62.6 Å². The first kappa shape index (κ1) is 136. The van der Waals surface area contributed by atoms with Crippen LogP contribution in [0.3, 0.4) is 0 Å². The van der Waals surface area contributed by atoms with E-state index in [-0.39, 0.29) is 114 Å². The van der Waals surface area contributed by atoms with E-state index in [0.29, 0.717) is 113 Å². The van der Waals surface area contributed by atoms with Crippen molar-refractivity contribution in [3.8, 4) is 57.2 Å². The zero-order valence-corrected chi connectivity index (χ0v) is 99.1. The molecule has 5 fully saturated rings. The first-order valence-electron chi connectivity index (χ1n) is 47.3. The van der Waals surface area contributed by atoms with Gasteiger partial charge >= 0.3 is 31.1 Å². The van der Waals surface area contributed by atoms with Crippen molar-refractivity contribution in [2.45, 2.75) is 313 Å². The summed E-state index contributed by atoms with van der Waals surface area (Å²) >= 11 is 9.80. The minimum atomic E-state index is -1.46. The molecule has 0 saturated heterocycles. The molecule has 48 heteroatoms. The summed E-state index contributed by atoms with van der Waals surface area (Å²) in [5, 5.41) is 70.0.